The van der Waals surface area contributed by atoms with E-state index in [2.05, 4.69) is 9.79 Å². The van der Waals surface area contributed by atoms with E-state index in [0.29, 0.717) is 5.92 Å². The highest BCUT2D eigenvalue weighted by molar-refractivity contribution is 5.15. The summed E-state index contributed by atoms with van der Waals surface area (Å²) in [6, 6.07) is 6.68. The van der Waals surface area contributed by atoms with Gasteiger partial charge in [0.25, 0.3) is 0 Å². The van der Waals surface area contributed by atoms with Crippen LogP contribution in [0.15, 0.2) is 24.3 Å². The topological polar surface area (TPSA) is 32.7 Å². The summed E-state index contributed by atoms with van der Waals surface area (Å²) in [4.78, 5) is 6.75. The van der Waals surface area contributed by atoms with Gasteiger partial charge in [-0.05, 0) is 56.5 Å². The van der Waals surface area contributed by atoms with Gasteiger partial charge < -0.3 is 0 Å². The van der Waals surface area contributed by atoms with Gasteiger partial charge in [0.15, 0.2) is 0 Å². The lowest BCUT2D eigenvalue weighted by atomic mass is 9.92. The van der Waals surface area contributed by atoms with Crippen molar-refractivity contribution < 1.29 is 14.5 Å². The molecule has 1 aliphatic heterocycles. The van der Waals surface area contributed by atoms with E-state index >= 15 is 0 Å². The molecule has 0 spiro atoms. The molecule has 1 aromatic rings. The summed E-state index contributed by atoms with van der Waals surface area (Å²) in [6.07, 6.45) is 1.98. The maximum atomic E-state index is 12.8. The van der Waals surface area contributed by atoms with Crippen LogP contribution in [0.2, 0.25) is 0 Å². The molecule has 3 nitrogen and oxygen atoms in total. The Morgan fingerprint density at radius 1 is 1.33 bits per heavy atom. The largest absolute Gasteiger partial charge is 0.299 e. The Bertz CT molecular complexity index is 361. The minimum Gasteiger partial charge on any atom is -0.299 e. The molecule has 2 rings (SSSR count). The smallest absolute Gasteiger partial charge is 0.123 e. The van der Waals surface area contributed by atoms with Gasteiger partial charge in [0.1, 0.15) is 5.82 Å². The maximum Gasteiger partial charge on any atom is 0.123 e. The Morgan fingerprint density at radius 3 is 2.50 bits per heavy atom. The van der Waals surface area contributed by atoms with Crippen LogP contribution in [0.5, 0.6) is 0 Å². The Morgan fingerprint density at radius 2 is 1.94 bits per heavy atom. The zero-order valence-corrected chi connectivity index (χ0v) is 10.7. The molecule has 1 N–H and O–H groups in total. The van der Waals surface area contributed by atoms with Crippen molar-refractivity contribution in [2.45, 2.75) is 32.4 Å². The van der Waals surface area contributed by atoms with Crippen LogP contribution in [0.25, 0.3) is 0 Å². The molecule has 0 saturated carbocycles. The predicted octanol–water partition coefficient (Wildman–Crippen LogP) is 2.92. The van der Waals surface area contributed by atoms with Gasteiger partial charge in [-0.15, -0.1) is 0 Å². The lowest BCUT2D eigenvalue weighted by Gasteiger charge is -2.33. The van der Waals surface area contributed by atoms with Crippen molar-refractivity contribution in [1.29, 1.82) is 0 Å². The summed E-state index contributed by atoms with van der Waals surface area (Å²) < 4.78 is 12.8. The van der Waals surface area contributed by atoms with Crippen LogP contribution in [-0.4, -0.2) is 29.4 Å². The first-order chi connectivity index (χ1) is 8.69. The van der Waals surface area contributed by atoms with Gasteiger partial charge in [0, 0.05) is 6.54 Å². The van der Waals surface area contributed by atoms with E-state index in [1.807, 2.05) is 19.1 Å². The van der Waals surface area contributed by atoms with Gasteiger partial charge >= 0.3 is 0 Å². The van der Waals surface area contributed by atoms with Crippen molar-refractivity contribution in [3.8, 4) is 0 Å². The number of hydrogen-bond donors (Lipinski definition) is 1. The second-order valence-corrected chi connectivity index (χ2v) is 5.05. The van der Waals surface area contributed by atoms with Crippen molar-refractivity contribution in [2.24, 2.45) is 5.92 Å². The Kier molecular flexibility index (Phi) is 4.69. The van der Waals surface area contributed by atoms with Gasteiger partial charge in [-0.3, -0.25) is 10.2 Å². The number of rotatable bonds is 4. The minimum absolute atomic E-state index is 0.0852. The summed E-state index contributed by atoms with van der Waals surface area (Å²) >= 11 is 0. The standard InChI is InChI=1S/C14H20FNO2/c1-11(18-17)13-6-8-16(9-7-13)10-12-2-4-14(15)5-3-12/h2-5,11,13,17H,6-10H2,1H3. The molecule has 18 heavy (non-hydrogen) atoms. The summed E-state index contributed by atoms with van der Waals surface area (Å²) in [5, 5.41) is 8.67. The summed E-state index contributed by atoms with van der Waals surface area (Å²) in [7, 11) is 0. The summed E-state index contributed by atoms with van der Waals surface area (Å²) in [6.45, 7) is 4.76. The van der Waals surface area contributed by atoms with Gasteiger partial charge in [0.05, 0.1) is 6.10 Å². The van der Waals surface area contributed by atoms with E-state index < -0.39 is 0 Å². The predicted molar refractivity (Wildman–Crippen MR) is 67.6 cm³/mol. The van der Waals surface area contributed by atoms with Crippen LogP contribution in [0.3, 0.4) is 0 Å². The van der Waals surface area contributed by atoms with Crippen LogP contribution < -0.4 is 0 Å². The summed E-state index contributed by atoms with van der Waals surface area (Å²) in [5.41, 5.74) is 1.14. The van der Waals surface area contributed by atoms with Crippen molar-refractivity contribution >= 4 is 0 Å². The van der Waals surface area contributed by atoms with Crippen molar-refractivity contribution in [1.82, 2.24) is 4.90 Å². The second kappa shape index (κ2) is 6.27. The highest BCUT2D eigenvalue weighted by Gasteiger charge is 2.24. The number of halogens is 1. The molecule has 0 bridgehead atoms. The average molecular weight is 253 g/mol. The van der Waals surface area contributed by atoms with Crippen LogP contribution in [0, 0.1) is 11.7 Å². The molecule has 0 aromatic heterocycles. The third-order valence-corrected chi connectivity index (χ3v) is 3.78. The van der Waals surface area contributed by atoms with Crippen LogP contribution in [-0.2, 0) is 11.4 Å². The van der Waals surface area contributed by atoms with Crippen molar-refractivity contribution in [3.63, 3.8) is 0 Å². The third kappa shape index (κ3) is 3.51. The monoisotopic (exact) mass is 253 g/mol. The fourth-order valence-electron chi connectivity index (χ4n) is 2.51. The molecule has 1 fully saturated rings. The molecule has 4 heteroatoms. The minimum atomic E-state index is -0.189. The molecule has 1 unspecified atom stereocenters. The molecular formula is C14H20FNO2. The number of hydrogen-bond acceptors (Lipinski definition) is 3. The summed E-state index contributed by atoms with van der Waals surface area (Å²) in [5.74, 6) is 0.242. The lowest BCUT2D eigenvalue weighted by molar-refractivity contribution is -0.287. The molecular weight excluding hydrogens is 233 g/mol. The van der Waals surface area contributed by atoms with Crippen LogP contribution in [0.4, 0.5) is 4.39 Å². The molecule has 100 valence electrons. The molecule has 1 heterocycles. The van der Waals surface area contributed by atoms with Crippen LogP contribution >= 0.6 is 0 Å². The second-order valence-electron chi connectivity index (χ2n) is 5.05. The Labute approximate surface area is 107 Å². The highest BCUT2D eigenvalue weighted by atomic mass is 19.1. The third-order valence-electron chi connectivity index (χ3n) is 3.78. The van der Waals surface area contributed by atoms with Gasteiger partial charge in [-0.1, -0.05) is 12.1 Å². The average Bonchev–Trinajstić information content (AvgIpc) is 2.41. The van der Waals surface area contributed by atoms with Crippen molar-refractivity contribution in [2.75, 3.05) is 13.1 Å². The van der Waals surface area contributed by atoms with Crippen LogP contribution in [0.1, 0.15) is 25.3 Å². The zero-order chi connectivity index (χ0) is 13.0. The molecule has 0 radical (unpaired) electrons. The fraction of sp³-hybridized carbons (Fsp3) is 0.571. The molecule has 0 amide bonds. The van der Waals surface area contributed by atoms with Gasteiger partial charge in [-0.25, -0.2) is 9.28 Å². The van der Waals surface area contributed by atoms with Gasteiger partial charge in [0.2, 0.25) is 0 Å². The first-order valence-electron chi connectivity index (χ1n) is 6.46. The Balaban J connectivity index is 1.81. The normalized spacial score (nSPS) is 19.9. The molecule has 1 aliphatic rings. The van der Waals surface area contributed by atoms with E-state index in [1.165, 1.54) is 12.1 Å². The van der Waals surface area contributed by atoms with E-state index in [0.717, 1.165) is 38.0 Å². The van der Waals surface area contributed by atoms with E-state index in [4.69, 9.17) is 5.26 Å². The van der Waals surface area contributed by atoms with Crippen molar-refractivity contribution in [3.05, 3.63) is 35.6 Å². The highest BCUT2D eigenvalue weighted by Crippen LogP contribution is 2.23. The number of nitrogens with zero attached hydrogens (tertiary/aromatic N) is 1. The molecule has 0 aliphatic carbocycles. The van der Waals surface area contributed by atoms with E-state index in [9.17, 15) is 4.39 Å². The maximum absolute atomic E-state index is 12.8. The number of piperidine rings is 1. The first-order valence-corrected chi connectivity index (χ1v) is 6.46. The first kappa shape index (κ1) is 13.5. The number of likely N-dealkylation sites (tertiary alicyclic amines) is 1. The van der Waals surface area contributed by atoms with E-state index in [-0.39, 0.29) is 11.9 Å². The zero-order valence-electron chi connectivity index (χ0n) is 10.7. The lowest BCUT2D eigenvalue weighted by Crippen LogP contribution is -2.37. The van der Waals surface area contributed by atoms with Gasteiger partial charge in [-0.2, -0.15) is 0 Å². The quantitative estimate of drug-likeness (QED) is 0.661. The SMILES string of the molecule is CC(OO)C1CCN(Cc2ccc(F)cc2)CC1. The Hall–Kier alpha value is -0.970. The van der Waals surface area contributed by atoms with E-state index in [1.54, 1.807) is 0 Å². The number of benzene rings is 1. The molecule has 1 aromatic carbocycles. The fourth-order valence-corrected chi connectivity index (χ4v) is 2.51. The molecule has 1 saturated heterocycles. The molecule has 1 atom stereocenters.